The van der Waals surface area contributed by atoms with Crippen LogP contribution in [0.25, 0.3) is 0 Å². The highest BCUT2D eigenvalue weighted by Gasteiger charge is 2.12. The van der Waals surface area contributed by atoms with Gasteiger partial charge < -0.3 is 9.84 Å². The van der Waals surface area contributed by atoms with Crippen molar-refractivity contribution >= 4 is 21.9 Å². The molecule has 0 saturated carbocycles. The van der Waals surface area contributed by atoms with Crippen LogP contribution < -0.4 is 4.74 Å². The quantitative estimate of drug-likeness (QED) is 0.936. The van der Waals surface area contributed by atoms with Crippen LogP contribution in [-0.4, -0.2) is 11.1 Å². The molecule has 1 N–H and O–H groups in total. The van der Waals surface area contributed by atoms with E-state index in [4.69, 9.17) is 9.84 Å². The summed E-state index contributed by atoms with van der Waals surface area (Å²) in [6.07, 6.45) is 0. The van der Waals surface area contributed by atoms with E-state index in [0.717, 1.165) is 5.56 Å². The number of rotatable bonds is 4. The average molecular weight is 307 g/mol. The van der Waals surface area contributed by atoms with Crippen LogP contribution in [0.1, 0.15) is 15.9 Å². The van der Waals surface area contributed by atoms with Gasteiger partial charge in [-0.15, -0.1) is 0 Å². The summed E-state index contributed by atoms with van der Waals surface area (Å²) in [6.45, 7) is 0.405. The van der Waals surface area contributed by atoms with Crippen molar-refractivity contribution < 1.29 is 14.6 Å². The summed E-state index contributed by atoms with van der Waals surface area (Å²) < 4.78 is 6.07. The van der Waals surface area contributed by atoms with E-state index >= 15 is 0 Å². The lowest BCUT2D eigenvalue weighted by atomic mass is 10.2. The fraction of sp³-hybridized carbons (Fsp3) is 0.0714. The number of hydrogen-bond acceptors (Lipinski definition) is 2. The van der Waals surface area contributed by atoms with Crippen molar-refractivity contribution in [1.82, 2.24) is 0 Å². The molecule has 0 bridgehead atoms. The van der Waals surface area contributed by atoms with Gasteiger partial charge in [0.2, 0.25) is 0 Å². The molecular weight excluding hydrogens is 296 g/mol. The molecule has 0 heterocycles. The third-order valence-corrected chi connectivity index (χ3v) is 3.25. The maximum absolute atomic E-state index is 11.0. The molecule has 0 aliphatic heterocycles. The summed E-state index contributed by atoms with van der Waals surface area (Å²) in [5, 5.41) is 8.99. The molecule has 0 aliphatic rings. The third-order valence-electron chi connectivity index (χ3n) is 2.43. The maximum Gasteiger partial charge on any atom is 0.336 e. The van der Waals surface area contributed by atoms with Crippen LogP contribution in [0.5, 0.6) is 5.75 Å². The Bertz CT molecular complexity index is 552. The van der Waals surface area contributed by atoms with Crippen LogP contribution in [-0.2, 0) is 6.61 Å². The van der Waals surface area contributed by atoms with Crippen molar-refractivity contribution in [3.8, 4) is 5.75 Å². The van der Waals surface area contributed by atoms with E-state index in [9.17, 15) is 4.79 Å². The second kappa shape index (κ2) is 5.69. The van der Waals surface area contributed by atoms with E-state index in [1.165, 1.54) is 6.07 Å². The zero-order chi connectivity index (χ0) is 13.0. The Morgan fingerprint density at radius 1 is 1.11 bits per heavy atom. The average Bonchev–Trinajstić information content (AvgIpc) is 2.38. The molecule has 3 nitrogen and oxygen atoms in total. The van der Waals surface area contributed by atoms with Gasteiger partial charge in [-0.1, -0.05) is 36.4 Å². The third kappa shape index (κ3) is 2.90. The van der Waals surface area contributed by atoms with Gasteiger partial charge in [0.25, 0.3) is 0 Å². The zero-order valence-electron chi connectivity index (χ0n) is 9.47. The van der Waals surface area contributed by atoms with Gasteiger partial charge in [0.1, 0.15) is 12.4 Å². The highest BCUT2D eigenvalue weighted by molar-refractivity contribution is 9.10. The predicted molar refractivity (Wildman–Crippen MR) is 71.9 cm³/mol. The first-order chi connectivity index (χ1) is 8.68. The summed E-state index contributed by atoms with van der Waals surface area (Å²) in [7, 11) is 0. The van der Waals surface area contributed by atoms with Gasteiger partial charge in [-0.05, 0) is 33.6 Å². The molecule has 0 amide bonds. The summed E-state index contributed by atoms with van der Waals surface area (Å²) >= 11 is 3.25. The van der Waals surface area contributed by atoms with E-state index in [1.54, 1.807) is 12.1 Å². The molecule has 0 aliphatic carbocycles. The summed E-state index contributed by atoms with van der Waals surface area (Å²) in [5.41, 5.74) is 1.23. The standard InChI is InChI=1S/C14H11BrO3/c15-13-11(14(16)17)7-4-8-12(13)18-9-10-5-2-1-3-6-10/h1-8H,9H2,(H,16,17). The van der Waals surface area contributed by atoms with Gasteiger partial charge in [0, 0.05) is 0 Å². The van der Waals surface area contributed by atoms with Crippen molar-refractivity contribution in [3.05, 3.63) is 64.1 Å². The second-order valence-corrected chi connectivity index (χ2v) is 4.49. The van der Waals surface area contributed by atoms with Gasteiger partial charge >= 0.3 is 5.97 Å². The van der Waals surface area contributed by atoms with Crippen LogP contribution in [0.2, 0.25) is 0 Å². The smallest absolute Gasteiger partial charge is 0.336 e. The van der Waals surface area contributed by atoms with Gasteiger partial charge in [0.05, 0.1) is 10.0 Å². The lowest BCUT2D eigenvalue weighted by molar-refractivity contribution is 0.0695. The Morgan fingerprint density at radius 3 is 2.50 bits per heavy atom. The molecule has 2 rings (SSSR count). The van der Waals surface area contributed by atoms with Crippen LogP contribution >= 0.6 is 15.9 Å². The van der Waals surface area contributed by atoms with Crippen molar-refractivity contribution in [3.63, 3.8) is 0 Å². The molecule has 0 aromatic heterocycles. The Hall–Kier alpha value is -1.81. The van der Waals surface area contributed by atoms with Gasteiger partial charge in [-0.3, -0.25) is 0 Å². The number of benzene rings is 2. The Kier molecular flexibility index (Phi) is 3.99. The van der Waals surface area contributed by atoms with Gasteiger partial charge in [-0.2, -0.15) is 0 Å². The number of carboxylic acid groups (broad SMARTS) is 1. The van der Waals surface area contributed by atoms with Crippen molar-refractivity contribution in [1.29, 1.82) is 0 Å². The Balaban J connectivity index is 2.15. The summed E-state index contributed by atoms with van der Waals surface area (Å²) in [5.74, 6) is -0.453. The second-order valence-electron chi connectivity index (χ2n) is 3.70. The number of ether oxygens (including phenoxy) is 1. The Labute approximate surface area is 113 Å². The fourth-order valence-corrected chi connectivity index (χ4v) is 2.07. The minimum Gasteiger partial charge on any atom is -0.488 e. The van der Waals surface area contributed by atoms with E-state index < -0.39 is 5.97 Å². The van der Waals surface area contributed by atoms with Gasteiger partial charge in [0.15, 0.2) is 0 Å². The summed E-state index contributed by atoms with van der Waals surface area (Å²) in [4.78, 5) is 11.0. The first-order valence-electron chi connectivity index (χ1n) is 5.37. The Morgan fingerprint density at radius 2 is 1.83 bits per heavy atom. The fourth-order valence-electron chi connectivity index (χ4n) is 1.52. The molecule has 0 saturated heterocycles. The van der Waals surface area contributed by atoms with Gasteiger partial charge in [-0.25, -0.2) is 4.79 Å². The molecule has 0 spiro atoms. The van der Waals surface area contributed by atoms with Crippen molar-refractivity contribution in [2.75, 3.05) is 0 Å². The molecule has 0 radical (unpaired) electrons. The van der Waals surface area contributed by atoms with E-state index in [-0.39, 0.29) is 5.56 Å². The number of hydrogen-bond donors (Lipinski definition) is 1. The molecule has 2 aromatic carbocycles. The lowest BCUT2D eigenvalue weighted by Crippen LogP contribution is -2.01. The van der Waals surface area contributed by atoms with E-state index in [0.29, 0.717) is 16.8 Å². The minimum absolute atomic E-state index is 0.195. The highest BCUT2D eigenvalue weighted by atomic mass is 79.9. The van der Waals surface area contributed by atoms with E-state index in [1.807, 2.05) is 30.3 Å². The highest BCUT2D eigenvalue weighted by Crippen LogP contribution is 2.29. The largest absolute Gasteiger partial charge is 0.488 e. The summed E-state index contributed by atoms with van der Waals surface area (Å²) in [6, 6.07) is 14.6. The lowest BCUT2D eigenvalue weighted by Gasteiger charge is -2.09. The van der Waals surface area contributed by atoms with Crippen molar-refractivity contribution in [2.24, 2.45) is 0 Å². The molecule has 2 aromatic rings. The molecule has 0 atom stereocenters. The normalized spacial score (nSPS) is 10.1. The number of carboxylic acids is 1. The predicted octanol–water partition coefficient (Wildman–Crippen LogP) is 3.73. The monoisotopic (exact) mass is 306 g/mol. The number of aromatic carboxylic acids is 1. The van der Waals surface area contributed by atoms with Crippen LogP contribution in [0.15, 0.2) is 53.0 Å². The van der Waals surface area contributed by atoms with Crippen LogP contribution in [0.4, 0.5) is 0 Å². The number of carbonyl (C=O) groups is 1. The zero-order valence-corrected chi connectivity index (χ0v) is 11.1. The van der Waals surface area contributed by atoms with Crippen molar-refractivity contribution in [2.45, 2.75) is 6.61 Å². The molecule has 92 valence electrons. The molecule has 0 unspecified atom stereocenters. The molecule has 4 heteroatoms. The first kappa shape index (κ1) is 12.6. The van der Waals surface area contributed by atoms with E-state index in [2.05, 4.69) is 15.9 Å². The number of halogens is 1. The first-order valence-corrected chi connectivity index (χ1v) is 6.16. The maximum atomic E-state index is 11.0. The minimum atomic E-state index is -0.980. The van der Waals surface area contributed by atoms with Crippen LogP contribution in [0.3, 0.4) is 0 Å². The topological polar surface area (TPSA) is 46.5 Å². The van der Waals surface area contributed by atoms with Crippen LogP contribution in [0, 0.1) is 0 Å². The molecule has 0 fully saturated rings. The molecular formula is C14H11BrO3. The molecule has 18 heavy (non-hydrogen) atoms. The SMILES string of the molecule is O=C(O)c1cccc(OCc2ccccc2)c1Br.